The van der Waals surface area contributed by atoms with Crippen LogP contribution in [-0.4, -0.2) is 23.4 Å². The van der Waals surface area contributed by atoms with E-state index in [0.717, 1.165) is 4.88 Å². The molecule has 1 aliphatic rings. The maximum atomic E-state index is 12.1. The number of imide groups is 1. The van der Waals surface area contributed by atoms with E-state index < -0.39 is 5.41 Å². The van der Waals surface area contributed by atoms with Gasteiger partial charge in [0, 0.05) is 11.4 Å². The van der Waals surface area contributed by atoms with E-state index in [1.165, 1.54) is 4.90 Å². The molecule has 1 aromatic rings. The number of nitrogens with one attached hydrogen (secondary N) is 1. The molecule has 1 aliphatic heterocycles. The molecule has 86 valence electrons. The molecule has 3 amide bonds. The van der Waals surface area contributed by atoms with Crippen LogP contribution in [0.15, 0.2) is 17.5 Å². The normalized spacial score (nSPS) is 19.8. The van der Waals surface area contributed by atoms with Gasteiger partial charge in [-0.3, -0.25) is 9.69 Å². The first-order valence-electron chi connectivity index (χ1n) is 5.13. The molecule has 0 bridgehead atoms. The molecule has 0 aliphatic carbocycles. The fourth-order valence-electron chi connectivity index (χ4n) is 1.63. The molecule has 0 atom stereocenters. The SMILES string of the molecule is CC1(C)CNC(=O)N(Cc2cccs2)C1=O. The first kappa shape index (κ1) is 11.1. The quantitative estimate of drug-likeness (QED) is 0.854. The number of carbonyl (C=O) groups is 2. The van der Waals surface area contributed by atoms with Crippen LogP contribution in [0.5, 0.6) is 0 Å². The van der Waals surface area contributed by atoms with Crippen molar-refractivity contribution in [1.29, 1.82) is 0 Å². The summed E-state index contributed by atoms with van der Waals surface area (Å²) >= 11 is 1.55. The summed E-state index contributed by atoms with van der Waals surface area (Å²) in [6, 6.07) is 3.54. The van der Waals surface area contributed by atoms with Gasteiger partial charge in [0.1, 0.15) is 0 Å². The lowest BCUT2D eigenvalue weighted by molar-refractivity contribution is -0.139. The zero-order chi connectivity index (χ0) is 11.8. The van der Waals surface area contributed by atoms with E-state index in [9.17, 15) is 9.59 Å². The molecule has 1 saturated heterocycles. The van der Waals surface area contributed by atoms with Crippen LogP contribution in [0.1, 0.15) is 18.7 Å². The Balaban J connectivity index is 2.18. The number of hydrogen-bond donors (Lipinski definition) is 1. The average Bonchev–Trinajstić information content (AvgIpc) is 2.72. The Labute approximate surface area is 98.3 Å². The Bertz CT molecular complexity index is 412. The summed E-state index contributed by atoms with van der Waals surface area (Å²) in [5, 5.41) is 4.67. The van der Waals surface area contributed by atoms with Crippen molar-refractivity contribution in [2.24, 2.45) is 5.41 Å². The van der Waals surface area contributed by atoms with Crippen LogP contribution in [0.4, 0.5) is 4.79 Å². The second-order valence-electron chi connectivity index (χ2n) is 4.51. The topological polar surface area (TPSA) is 49.4 Å². The van der Waals surface area contributed by atoms with Gasteiger partial charge in [0.05, 0.1) is 12.0 Å². The number of amides is 3. The van der Waals surface area contributed by atoms with Crippen molar-refractivity contribution in [3.63, 3.8) is 0 Å². The van der Waals surface area contributed by atoms with Crippen LogP contribution in [0.25, 0.3) is 0 Å². The fourth-order valence-corrected chi connectivity index (χ4v) is 2.32. The van der Waals surface area contributed by atoms with Crippen molar-refractivity contribution in [2.45, 2.75) is 20.4 Å². The summed E-state index contributed by atoms with van der Waals surface area (Å²) in [4.78, 5) is 26.0. The van der Waals surface area contributed by atoms with E-state index in [4.69, 9.17) is 0 Å². The molecule has 4 nitrogen and oxygen atoms in total. The van der Waals surface area contributed by atoms with Gasteiger partial charge in [0.15, 0.2) is 0 Å². The summed E-state index contributed by atoms with van der Waals surface area (Å²) in [5.74, 6) is -0.107. The second kappa shape index (κ2) is 3.90. The van der Waals surface area contributed by atoms with Crippen LogP contribution in [-0.2, 0) is 11.3 Å². The molecule has 1 aromatic heterocycles. The lowest BCUT2D eigenvalue weighted by Crippen LogP contribution is -2.58. The first-order valence-corrected chi connectivity index (χ1v) is 6.01. The smallest absolute Gasteiger partial charge is 0.324 e. The minimum Gasteiger partial charge on any atom is -0.337 e. The summed E-state index contributed by atoms with van der Waals surface area (Å²) in [6.45, 7) is 4.46. The molecule has 0 spiro atoms. The van der Waals surface area contributed by atoms with E-state index in [1.54, 1.807) is 11.3 Å². The molecule has 2 rings (SSSR count). The Morgan fingerprint density at radius 2 is 2.25 bits per heavy atom. The Morgan fingerprint density at radius 1 is 1.50 bits per heavy atom. The molecule has 1 N–H and O–H groups in total. The second-order valence-corrected chi connectivity index (χ2v) is 5.55. The van der Waals surface area contributed by atoms with Crippen molar-refractivity contribution in [3.8, 4) is 0 Å². The summed E-state index contributed by atoms with van der Waals surface area (Å²) in [6.07, 6.45) is 0. The van der Waals surface area contributed by atoms with Crippen molar-refractivity contribution < 1.29 is 9.59 Å². The fraction of sp³-hybridized carbons (Fsp3) is 0.455. The van der Waals surface area contributed by atoms with Crippen molar-refractivity contribution in [3.05, 3.63) is 22.4 Å². The lowest BCUT2D eigenvalue weighted by Gasteiger charge is -2.35. The zero-order valence-corrected chi connectivity index (χ0v) is 10.1. The van der Waals surface area contributed by atoms with Crippen LogP contribution in [0.2, 0.25) is 0 Å². The van der Waals surface area contributed by atoms with E-state index in [-0.39, 0.29) is 11.9 Å². The molecule has 16 heavy (non-hydrogen) atoms. The molecule has 0 unspecified atom stereocenters. The van der Waals surface area contributed by atoms with Gasteiger partial charge in [-0.15, -0.1) is 11.3 Å². The maximum absolute atomic E-state index is 12.1. The molecule has 2 heterocycles. The standard InChI is InChI=1S/C11H14N2O2S/c1-11(2)7-12-10(15)13(9(11)14)6-8-4-3-5-16-8/h3-5H,6-7H2,1-2H3,(H,12,15). The Kier molecular flexibility index (Phi) is 2.71. The van der Waals surface area contributed by atoms with Gasteiger partial charge in [0.2, 0.25) is 5.91 Å². The Morgan fingerprint density at radius 3 is 2.88 bits per heavy atom. The van der Waals surface area contributed by atoms with Crippen LogP contribution >= 0.6 is 11.3 Å². The minimum atomic E-state index is -0.509. The summed E-state index contributed by atoms with van der Waals surface area (Å²) in [5.41, 5.74) is -0.509. The number of hydrogen-bond acceptors (Lipinski definition) is 3. The third-order valence-corrected chi connectivity index (χ3v) is 3.51. The van der Waals surface area contributed by atoms with Crippen molar-refractivity contribution >= 4 is 23.3 Å². The highest BCUT2D eigenvalue weighted by Crippen LogP contribution is 2.24. The van der Waals surface area contributed by atoms with Crippen molar-refractivity contribution in [1.82, 2.24) is 10.2 Å². The third kappa shape index (κ3) is 1.95. The largest absolute Gasteiger partial charge is 0.337 e. The highest BCUT2D eigenvalue weighted by molar-refractivity contribution is 7.09. The van der Waals surface area contributed by atoms with Gasteiger partial charge >= 0.3 is 6.03 Å². The number of carbonyl (C=O) groups excluding carboxylic acids is 2. The maximum Gasteiger partial charge on any atom is 0.324 e. The zero-order valence-electron chi connectivity index (χ0n) is 9.32. The molecule has 0 saturated carbocycles. The minimum absolute atomic E-state index is 0.107. The van der Waals surface area contributed by atoms with Gasteiger partial charge in [0.25, 0.3) is 0 Å². The highest BCUT2D eigenvalue weighted by atomic mass is 32.1. The van der Waals surface area contributed by atoms with Gasteiger partial charge in [-0.2, -0.15) is 0 Å². The lowest BCUT2D eigenvalue weighted by atomic mass is 9.90. The summed E-state index contributed by atoms with van der Waals surface area (Å²) < 4.78 is 0. The van der Waals surface area contributed by atoms with Crippen LogP contribution in [0, 0.1) is 5.41 Å². The van der Waals surface area contributed by atoms with Gasteiger partial charge in [-0.05, 0) is 25.3 Å². The number of rotatable bonds is 2. The van der Waals surface area contributed by atoms with E-state index >= 15 is 0 Å². The monoisotopic (exact) mass is 238 g/mol. The van der Waals surface area contributed by atoms with Gasteiger partial charge < -0.3 is 5.32 Å². The predicted octanol–water partition coefficient (Wildman–Crippen LogP) is 1.83. The van der Waals surface area contributed by atoms with Crippen molar-refractivity contribution in [2.75, 3.05) is 6.54 Å². The highest BCUT2D eigenvalue weighted by Gasteiger charge is 2.40. The van der Waals surface area contributed by atoms with E-state index in [2.05, 4.69) is 5.32 Å². The van der Waals surface area contributed by atoms with Gasteiger partial charge in [-0.1, -0.05) is 6.07 Å². The van der Waals surface area contributed by atoms with Crippen LogP contribution < -0.4 is 5.32 Å². The number of urea groups is 1. The number of nitrogens with zero attached hydrogens (tertiary/aromatic N) is 1. The number of thiophene rings is 1. The molecular weight excluding hydrogens is 224 g/mol. The summed E-state index contributed by atoms with van der Waals surface area (Å²) in [7, 11) is 0. The Hall–Kier alpha value is -1.36. The van der Waals surface area contributed by atoms with E-state index in [1.807, 2.05) is 31.4 Å². The van der Waals surface area contributed by atoms with Crippen LogP contribution in [0.3, 0.4) is 0 Å². The van der Waals surface area contributed by atoms with Gasteiger partial charge in [-0.25, -0.2) is 4.79 Å². The average molecular weight is 238 g/mol. The van der Waals surface area contributed by atoms with E-state index in [0.29, 0.717) is 13.1 Å². The molecule has 0 aromatic carbocycles. The third-order valence-electron chi connectivity index (χ3n) is 2.64. The molecule has 0 radical (unpaired) electrons. The molecular formula is C11H14N2O2S. The molecule has 1 fully saturated rings. The molecule has 5 heteroatoms. The first-order chi connectivity index (χ1) is 7.50. The predicted molar refractivity (Wildman–Crippen MR) is 62.0 cm³/mol.